The molecule has 2 rings (SSSR count). The Labute approximate surface area is 163 Å². The highest BCUT2D eigenvalue weighted by molar-refractivity contribution is 5.74. The number of benzene rings is 1. The number of nitrogens with zero attached hydrogens (tertiary/aromatic N) is 2. The maximum atomic E-state index is 11.6. The normalized spacial score (nSPS) is 20.8. The monoisotopic (exact) mass is 393 g/mol. The van der Waals surface area contributed by atoms with Crippen molar-refractivity contribution in [3.63, 3.8) is 0 Å². The molecule has 0 aliphatic carbocycles. The van der Waals surface area contributed by atoms with Crippen molar-refractivity contribution in [1.29, 1.82) is 0 Å². The van der Waals surface area contributed by atoms with Gasteiger partial charge in [-0.2, -0.15) is 0 Å². The van der Waals surface area contributed by atoms with Crippen LogP contribution in [0.1, 0.15) is 26.3 Å². The van der Waals surface area contributed by atoms with Gasteiger partial charge in [-0.1, -0.05) is 30.3 Å². The summed E-state index contributed by atoms with van der Waals surface area (Å²) in [5, 5.41) is 31.5. The lowest BCUT2D eigenvalue weighted by molar-refractivity contribution is -0.152. The molecule has 0 spiro atoms. The fourth-order valence-corrected chi connectivity index (χ4v) is 3.50. The third-order valence-electron chi connectivity index (χ3n) is 5.31. The maximum absolute atomic E-state index is 11.6. The lowest BCUT2D eigenvalue weighted by atomic mass is 9.85. The Morgan fingerprint density at radius 1 is 0.893 bits per heavy atom. The van der Waals surface area contributed by atoms with E-state index < -0.39 is 41.6 Å². The zero-order valence-electron chi connectivity index (χ0n) is 16.2. The summed E-state index contributed by atoms with van der Waals surface area (Å²) in [5.41, 5.74) is -0.182. The maximum Gasteiger partial charge on any atom is 0.320 e. The summed E-state index contributed by atoms with van der Waals surface area (Å²) < 4.78 is 0. The molecule has 4 N–H and O–H groups in total. The summed E-state index contributed by atoms with van der Waals surface area (Å²) in [6, 6.07) is 6.48. The Morgan fingerprint density at radius 2 is 1.36 bits per heavy atom. The van der Waals surface area contributed by atoms with Crippen molar-refractivity contribution in [2.75, 3.05) is 19.8 Å². The Bertz CT molecular complexity index is 698. The average Bonchev–Trinajstić information content (AvgIpc) is 2.66. The topological polar surface area (TPSA) is 130 Å². The minimum absolute atomic E-state index is 0.151. The van der Waals surface area contributed by atoms with Gasteiger partial charge in [0, 0.05) is 13.1 Å². The molecule has 0 radical (unpaired) electrons. The molecule has 1 heterocycles. The smallest absolute Gasteiger partial charge is 0.320 e. The van der Waals surface area contributed by atoms with E-state index in [0.29, 0.717) is 0 Å². The molecular formula is C19H27N3O6. The lowest BCUT2D eigenvalue weighted by Gasteiger charge is -2.51. The van der Waals surface area contributed by atoms with Crippen LogP contribution >= 0.6 is 0 Å². The average molecular weight is 393 g/mol. The molecule has 1 aliphatic heterocycles. The van der Waals surface area contributed by atoms with Crippen molar-refractivity contribution >= 4 is 17.9 Å². The molecule has 9 nitrogen and oxygen atoms in total. The Balaban J connectivity index is 2.53. The molecule has 0 amide bonds. The van der Waals surface area contributed by atoms with Crippen LogP contribution in [0.5, 0.6) is 0 Å². The van der Waals surface area contributed by atoms with Crippen molar-refractivity contribution in [2.24, 2.45) is 0 Å². The zero-order chi connectivity index (χ0) is 21.1. The number of hydrogen-bond donors (Lipinski definition) is 4. The number of nitrogens with one attached hydrogen (secondary N) is 1. The zero-order valence-corrected chi connectivity index (χ0v) is 16.2. The molecule has 0 aromatic heterocycles. The predicted octanol–water partition coefficient (Wildman–Crippen LogP) is 0.466. The highest BCUT2D eigenvalue weighted by Crippen LogP contribution is 2.31. The van der Waals surface area contributed by atoms with E-state index in [-0.39, 0.29) is 19.8 Å². The summed E-state index contributed by atoms with van der Waals surface area (Å²) in [5.74, 6) is -3.10. The van der Waals surface area contributed by atoms with Gasteiger partial charge in [-0.05, 0) is 26.3 Å². The summed E-state index contributed by atoms with van der Waals surface area (Å²) in [7, 11) is 0. The van der Waals surface area contributed by atoms with Gasteiger partial charge in [-0.3, -0.25) is 29.5 Å². The van der Waals surface area contributed by atoms with E-state index in [9.17, 15) is 29.7 Å². The molecule has 28 heavy (non-hydrogen) atoms. The van der Waals surface area contributed by atoms with Gasteiger partial charge >= 0.3 is 17.9 Å². The van der Waals surface area contributed by atoms with Crippen LogP contribution in [0.2, 0.25) is 0 Å². The quantitative estimate of drug-likeness (QED) is 0.498. The first-order valence-electron chi connectivity index (χ1n) is 9.07. The van der Waals surface area contributed by atoms with E-state index in [1.165, 1.54) is 20.8 Å². The van der Waals surface area contributed by atoms with E-state index in [1.807, 2.05) is 30.3 Å². The molecule has 1 aliphatic rings. The fraction of sp³-hybridized carbons (Fsp3) is 0.526. The molecule has 1 fully saturated rings. The van der Waals surface area contributed by atoms with Crippen molar-refractivity contribution in [3.05, 3.63) is 35.9 Å². The number of aliphatic carboxylic acids is 3. The second kappa shape index (κ2) is 8.68. The van der Waals surface area contributed by atoms with Crippen molar-refractivity contribution in [3.8, 4) is 0 Å². The summed E-state index contributed by atoms with van der Waals surface area (Å²) in [6.45, 7) is 5.19. The second-order valence-electron chi connectivity index (χ2n) is 7.32. The van der Waals surface area contributed by atoms with Gasteiger partial charge in [0.1, 0.15) is 18.1 Å². The van der Waals surface area contributed by atoms with Crippen molar-refractivity contribution in [1.82, 2.24) is 15.1 Å². The molecule has 0 saturated carbocycles. The molecule has 1 aromatic rings. The first kappa shape index (κ1) is 21.8. The van der Waals surface area contributed by atoms with E-state index in [1.54, 1.807) is 9.80 Å². The SMILES string of the molecule is C[C@H](NC1(c2ccccc2)CN([C@@H](C)C(=O)O)CN([C@@H](C)C(=O)O)C1)C(=O)O. The molecule has 3 atom stereocenters. The fourth-order valence-electron chi connectivity index (χ4n) is 3.50. The Morgan fingerprint density at radius 3 is 1.75 bits per heavy atom. The van der Waals surface area contributed by atoms with Gasteiger partial charge < -0.3 is 15.3 Å². The standard InChI is InChI=1S/C19H27N3O6/c1-12(16(23)24)20-19(15-7-5-4-6-8-15)9-21(13(2)17(25)26)11-22(10-19)14(3)18(27)28/h4-8,12-14,20H,9-11H2,1-3H3,(H,23,24)(H,25,26)(H,27,28)/t12-,13-,14-/m0/s1. The van der Waals surface area contributed by atoms with Crippen molar-refractivity contribution < 1.29 is 29.7 Å². The first-order chi connectivity index (χ1) is 13.1. The number of carboxylic acids is 3. The van der Waals surface area contributed by atoms with Gasteiger partial charge in [-0.15, -0.1) is 0 Å². The van der Waals surface area contributed by atoms with Crippen molar-refractivity contribution in [2.45, 2.75) is 44.4 Å². The molecule has 1 saturated heterocycles. The highest BCUT2D eigenvalue weighted by atomic mass is 16.4. The molecule has 9 heteroatoms. The largest absolute Gasteiger partial charge is 0.480 e. The molecule has 1 aromatic carbocycles. The van der Waals surface area contributed by atoms with Crippen LogP contribution in [-0.4, -0.2) is 80.9 Å². The van der Waals surface area contributed by atoms with E-state index in [4.69, 9.17) is 0 Å². The van der Waals surface area contributed by atoms with Gasteiger partial charge in [0.05, 0.1) is 12.2 Å². The summed E-state index contributed by atoms with van der Waals surface area (Å²) >= 11 is 0. The minimum Gasteiger partial charge on any atom is -0.480 e. The van der Waals surface area contributed by atoms with Crippen LogP contribution in [-0.2, 0) is 19.9 Å². The van der Waals surface area contributed by atoms with Crippen LogP contribution in [0.25, 0.3) is 0 Å². The molecule has 0 bridgehead atoms. The van der Waals surface area contributed by atoms with Crippen LogP contribution in [0.3, 0.4) is 0 Å². The van der Waals surface area contributed by atoms with Crippen LogP contribution in [0.4, 0.5) is 0 Å². The van der Waals surface area contributed by atoms with Crippen LogP contribution < -0.4 is 5.32 Å². The van der Waals surface area contributed by atoms with E-state index in [0.717, 1.165) is 5.56 Å². The van der Waals surface area contributed by atoms with Gasteiger partial charge in [-0.25, -0.2) is 0 Å². The van der Waals surface area contributed by atoms with E-state index >= 15 is 0 Å². The first-order valence-corrected chi connectivity index (χ1v) is 9.07. The summed E-state index contributed by atoms with van der Waals surface area (Å²) in [6.07, 6.45) is 0. The highest BCUT2D eigenvalue weighted by Gasteiger charge is 2.45. The molecule has 0 unspecified atom stereocenters. The predicted molar refractivity (Wildman–Crippen MR) is 101 cm³/mol. The van der Waals surface area contributed by atoms with Crippen LogP contribution in [0.15, 0.2) is 30.3 Å². The van der Waals surface area contributed by atoms with Gasteiger partial charge in [0.2, 0.25) is 0 Å². The van der Waals surface area contributed by atoms with E-state index in [2.05, 4.69) is 5.32 Å². The minimum atomic E-state index is -1.04. The third kappa shape index (κ3) is 4.67. The lowest BCUT2D eigenvalue weighted by Crippen LogP contribution is -2.69. The number of carbonyl (C=O) groups is 3. The molecule has 154 valence electrons. The second-order valence-corrected chi connectivity index (χ2v) is 7.32. The third-order valence-corrected chi connectivity index (χ3v) is 5.31. The number of carboxylic acid groups (broad SMARTS) is 3. The Kier molecular flexibility index (Phi) is 6.76. The summed E-state index contributed by atoms with van der Waals surface area (Å²) in [4.78, 5) is 38.0. The van der Waals surface area contributed by atoms with Gasteiger partial charge in [0.15, 0.2) is 0 Å². The molecular weight excluding hydrogens is 366 g/mol. The Hall–Kier alpha value is -2.49. The number of rotatable bonds is 8. The van der Waals surface area contributed by atoms with Gasteiger partial charge in [0.25, 0.3) is 0 Å². The van der Waals surface area contributed by atoms with Crippen LogP contribution in [0, 0.1) is 0 Å². The number of hydrogen-bond acceptors (Lipinski definition) is 6.